The third-order valence-corrected chi connectivity index (χ3v) is 12.5. The molecule has 0 radical (unpaired) electrons. The maximum Gasteiger partial charge on any atom is 0.419 e. The molecule has 3 aliphatic rings. The molecule has 1 amide bonds. The van der Waals surface area contributed by atoms with Gasteiger partial charge in [-0.2, -0.15) is 23.4 Å². The van der Waals surface area contributed by atoms with Crippen molar-refractivity contribution in [2.24, 2.45) is 0 Å². The lowest BCUT2D eigenvalue weighted by Gasteiger charge is -2.34. The average Bonchev–Trinajstić information content (AvgIpc) is 3.33. The van der Waals surface area contributed by atoms with Crippen molar-refractivity contribution in [3.63, 3.8) is 0 Å². The fourth-order valence-corrected chi connectivity index (χ4v) is 8.23. The minimum Gasteiger partial charge on any atom is -0.490 e. The van der Waals surface area contributed by atoms with Crippen molar-refractivity contribution in [3.05, 3.63) is 157 Å². The van der Waals surface area contributed by atoms with Crippen molar-refractivity contribution >= 4 is 39.4 Å². The Morgan fingerprint density at radius 2 is 1.16 bits per heavy atom. The van der Waals surface area contributed by atoms with Crippen molar-refractivity contribution in [1.82, 2.24) is 35.3 Å². The number of halogens is 3. The van der Waals surface area contributed by atoms with Crippen LogP contribution in [-0.2, 0) is 23.8 Å². The molecule has 15 nitrogen and oxygen atoms in total. The van der Waals surface area contributed by atoms with Crippen molar-refractivity contribution in [1.29, 1.82) is 0 Å². The number of piperazine rings is 1. The molecule has 0 unspecified atom stereocenters. The van der Waals surface area contributed by atoms with Crippen LogP contribution < -0.4 is 25.5 Å². The molecule has 18 heteroatoms. The Morgan fingerprint density at radius 3 is 1.63 bits per heavy atom. The highest BCUT2D eigenvalue weighted by atomic mass is 19.4. The lowest BCUT2D eigenvalue weighted by molar-refractivity contribution is -0.138. The molecule has 4 heterocycles. The fraction of sp³-hybridized carbons (Fsp3) is 0.320. The van der Waals surface area contributed by atoms with E-state index in [-0.39, 0.29) is 41.2 Å². The summed E-state index contributed by atoms with van der Waals surface area (Å²) in [4.78, 5) is 60.8. The number of nitrogens with one attached hydrogen (secondary N) is 2. The van der Waals surface area contributed by atoms with Crippen molar-refractivity contribution < 1.29 is 37.0 Å². The number of aromatic amines is 2. The number of H-pyrrole nitrogens is 2. The molecule has 3 aromatic heterocycles. The second-order valence-corrected chi connectivity index (χ2v) is 17.0. The van der Waals surface area contributed by atoms with E-state index in [1.807, 2.05) is 48.5 Å². The minimum absolute atomic E-state index is 0.143. The van der Waals surface area contributed by atoms with Crippen LogP contribution in [0, 0.1) is 0 Å². The third kappa shape index (κ3) is 10.3. The predicted molar refractivity (Wildman–Crippen MR) is 246 cm³/mol. The molecule has 3 fully saturated rings. The highest BCUT2D eigenvalue weighted by molar-refractivity contribution is 5.95. The Bertz CT molecular complexity index is 3090. The number of alkyl halides is 3. The third-order valence-electron chi connectivity index (χ3n) is 12.5. The Morgan fingerprint density at radius 1 is 0.662 bits per heavy atom. The van der Waals surface area contributed by atoms with E-state index < -0.39 is 11.7 Å². The number of hydrogen-bond acceptors (Lipinski definition) is 12. The standard InChI is InChI=1S/C29H27F3N6O3.C21H20N2O4/c30-29(31,32)20-16-33-28(34-17-20)38-11-9-37(10-12-38)27(40)19-4-1-3-18(13-19)14-25-24-15-22(41-21-5-2-6-21)7-8-23(24)26(39)36-35-25;1-26-21(25)14-5-2-4-13(10-14)11-19-18-12-16(27-15-6-3-7-15)8-9-17(18)20(24)23-22-19/h1,3-4,7-8,13,15-17,21H,2,5-6,9-12,14H2,(H,36,39);2,4-5,8-10,12,15H,3,6-7,11H2,1H3,(H,23,24). The van der Waals surface area contributed by atoms with Gasteiger partial charge < -0.3 is 24.0 Å². The molecule has 1 aliphatic heterocycles. The zero-order valence-corrected chi connectivity index (χ0v) is 37.1. The highest BCUT2D eigenvalue weighted by Crippen LogP contribution is 2.31. The van der Waals surface area contributed by atoms with Crippen LogP contribution in [0.2, 0.25) is 0 Å². The van der Waals surface area contributed by atoms with Gasteiger partial charge in [0.15, 0.2) is 0 Å². The summed E-state index contributed by atoms with van der Waals surface area (Å²) in [6.07, 6.45) is 4.94. The first-order chi connectivity index (χ1) is 32.9. The maximum atomic E-state index is 13.3. The van der Waals surface area contributed by atoms with Gasteiger partial charge in [-0.25, -0.2) is 25.0 Å². The van der Waals surface area contributed by atoms with Gasteiger partial charge in [0, 0.05) is 67.8 Å². The molecule has 4 aromatic carbocycles. The van der Waals surface area contributed by atoms with Crippen LogP contribution >= 0.6 is 0 Å². The summed E-state index contributed by atoms with van der Waals surface area (Å²) in [6, 6.07) is 25.4. The summed E-state index contributed by atoms with van der Waals surface area (Å²) in [5.41, 5.74) is 2.77. The lowest BCUT2D eigenvalue weighted by Crippen LogP contribution is -2.49. The summed E-state index contributed by atoms with van der Waals surface area (Å²) >= 11 is 0. The number of rotatable bonds is 11. The van der Waals surface area contributed by atoms with E-state index in [1.54, 1.807) is 46.2 Å². The van der Waals surface area contributed by atoms with Gasteiger partial charge in [-0.1, -0.05) is 24.3 Å². The van der Waals surface area contributed by atoms with E-state index in [9.17, 15) is 32.3 Å². The van der Waals surface area contributed by atoms with Crippen LogP contribution in [0.5, 0.6) is 11.5 Å². The maximum absolute atomic E-state index is 13.3. The number of carbonyl (C=O) groups is 2. The summed E-state index contributed by atoms with van der Waals surface area (Å²) < 4.78 is 55.2. The Labute approximate surface area is 387 Å². The number of aromatic nitrogens is 6. The van der Waals surface area contributed by atoms with Gasteiger partial charge in [-0.15, -0.1) is 0 Å². The summed E-state index contributed by atoms with van der Waals surface area (Å²) in [5, 5.41) is 16.3. The van der Waals surface area contributed by atoms with Crippen LogP contribution in [0.4, 0.5) is 19.1 Å². The topological polar surface area (TPSA) is 186 Å². The van der Waals surface area contributed by atoms with Crippen molar-refractivity contribution in [2.75, 3.05) is 38.2 Å². The molecule has 68 heavy (non-hydrogen) atoms. The van der Waals surface area contributed by atoms with E-state index >= 15 is 0 Å². The number of methoxy groups -OCH3 is 1. The smallest absolute Gasteiger partial charge is 0.419 e. The largest absolute Gasteiger partial charge is 0.490 e. The number of ether oxygens (including phenoxy) is 3. The molecule has 2 N–H and O–H groups in total. The van der Waals surface area contributed by atoms with Crippen LogP contribution in [0.15, 0.2) is 107 Å². The number of hydrogen-bond donors (Lipinski definition) is 2. The van der Waals surface area contributed by atoms with Crippen molar-refractivity contribution in [2.45, 2.75) is 69.8 Å². The monoisotopic (exact) mass is 928 g/mol. The highest BCUT2D eigenvalue weighted by Gasteiger charge is 2.32. The van der Waals surface area contributed by atoms with E-state index in [4.69, 9.17) is 14.2 Å². The van der Waals surface area contributed by atoms with Gasteiger partial charge >= 0.3 is 12.1 Å². The van der Waals surface area contributed by atoms with Gasteiger partial charge in [0.2, 0.25) is 5.95 Å². The van der Waals surface area contributed by atoms with E-state index in [0.717, 1.165) is 72.5 Å². The molecule has 2 saturated carbocycles. The molecular weight excluding hydrogens is 882 g/mol. The molecule has 0 spiro atoms. The minimum atomic E-state index is -4.49. The summed E-state index contributed by atoms with van der Waals surface area (Å²) in [6.45, 7) is 1.55. The summed E-state index contributed by atoms with van der Waals surface area (Å²) in [5.74, 6) is 1.14. The SMILES string of the molecule is COC(=O)c1cccc(Cc2n[nH]c(=O)c3ccc(OC4CCC4)cc23)c1.O=C(c1cccc(Cc2n[nH]c(=O)c3ccc(OC4CCC4)cc23)c1)N1CCN(c2ncc(C(F)(F)F)cn2)CC1. The number of benzene rings is 4. The molecule has 0 atom stereocenters. The first kappa shape index (κ1) is 45.5. The van der Waals surface area contributed by atoms with Gasteiger partial charge in [-0.3, -0.25) is 14.4 Å². The molecule has 1 saturated heterocycles. The summed E-state index contributed by atoms with van der Waals surface area (Å²) in [7, 11) is 1.36. The zero-order valence-electron chi connectivity index (χ0n) is 37.1. The van der Waals surface area contributed by atoms with Gasteiger partial charge in [0.25, 0.3) is 17.0 Å². The normalized spacial score (nSPS) is 15.2. The van der Waals surface area contributed by atoms with Crippen LogP contribution in [-0.4, -0.2) is 92.6 Å². The number of fused-ring (bicyclic) bond motifs is 2. The van der Waals surface area contributed by atoms with Gasteiger partial charge in [0.05, 0.1) is 52.6 Å². The van der Waals surface area contributed by atoms with Crippen LogP contribution in [0.3, 0.4) is 0 Å². The van der Waals surface area contributed by atoms with Crippen molar-refractivity contribution in [3.8, 4) is 11.5 Å². The first-order valence-electron chi connectivity index (χ1n) is 22.4. The van der Waals surface area contributed by atoms with E-state index in [2.05, 4.69) is 30.4 Å². The second-order valence-electron chi connectivity index (χ2n) is 17.0. The second kappa shape index (κ2) is 19.7. The van der Waals surface area contributed by atoms with Gasteiger partial charge in [0.1, 0.15) is 11.5 Å². The fourth-order valence-electron chi connectivity index (χ4n) is 8.23. The first-order valence-corrected chi connectivity index (χ1v) is 22.4. The molecule has 2 aliphatic carbocycles. The molecule has 10 rings (SSSR count). The Hall–Kier alpha value is -7.63. The molecule has 7 aromatic rings. The number of esters is 1. The quantitative estimate of drug-likeness (QED) is 0.122. The average molecular weight is 929 g/mol. The van der Waals surface area contributed by atoms with E-state index in [0.29, 0.717) is 77.7 Å². The Balaban J connectivity index is 0.000000185. The van der Waals surface area contributed by atoms with E-state index in [1.165, 1.54) is 13.5 Å². The predicted octanol–water partition coefficient (Wildman–Crippen LogP) is 7.45. The van der Waals surface area contributed by atoms with Crippen LogP contribution in [0.25, 0.3) is 21.5 Å². The number of anilines is 1. The molecular formula is C50H47F3N8O7. The lowest BCUT2D eigenvalue weighted by atomic mass is 9.96. The number of amides is 1. The number of nitrogens with zero attached hydrogens (tertiary/aromatic N) is 6. The van der Waals surface area contributed by atoms with Gasteiger partial charge in [-0.05, 0) is 110 Å². The molecule has 350 valence electrons. The number of carbonyl (C=O) groups excluding carboxylic acids is 2. The zero-order chi connectivity index (χ0) is 47.4. The Kier molecular flexibility index (Phi) is 13.2. The van der Waals surface area contributed by atoms with Crippen LogP contribution in [0.1, 0.15) is 87.3 Å². The molecule has 0 bridgehead atoms.